The maximum atomic E-state index is 12.6. The number of carbonyl (C=O) groups excluding carboxylic acids is 1. The lowest BCUT2D eigenvalue weighted by molar-refractivity contribution is -0.0936. The summed E-state index contributed by atoms with van der Waals surface area (Å²) in [5.41, 5.74) is 2.25. The number of likely N-dealkylation sites (tertiary alicyclic amines) is 1. The number of amides is 1. The van der Waals surface area contributed by atoms with E-state index in [1.807, 2.05) is 11.0 Å². The predicted octanol–water partition coefficient (Wildman–Crippen LogP) is 2.28. The summed E-state index contributed by atoms with van der Waals surface area (Å²) in [6.07, 6.45) is 6.87. The lowest BCUT2D eigenvalue weighted by Gasteiger charge is -2.45. The number of H-pyrrole nitrogens is 1. The Hall–Kier alpha value is -2.38. The Morgan fingerprint density at radius 2 is 2.18 bits per heavy atom. The minimum atomic E-state index is -0.303. The quantitative estimate of drug-likeness (QED) is 0.880. The molecule has 1 amide bonds. The molecule has 2 saturated heterocycles. The number of benzene rings is 1. The molecule has 1 aromatic carbocycles. The number of aromatic nitrogens is 2. The fourth-order valence-electron chi connectivity index (χ4n) is 4.54. The summed E-state index contributed by atoms with van der Waals surface area (Å²) in [5, 5.41) is 0. The SMILES string of the molecule is O=C(c1ncc[nH]1)N1CCC2(CC1)OCCc1cc(OC3CCOC3)ccc12. The number of hydrogen-bond donors (Lipinski definition) is 1. The first-order valence-corrected chi connectivity index (χ1v) is 10.0. The molecule has 3 aliphatic rings. The van der Waals surface area contributed by atoms with Gasteiger partial charge in [-0.3, -0.25) is 4.79 Å². The number of nitrogens with one attached hydrogen (secondary N) is 1. The van der Waals surface area contributed by atoms with Crippen LogP contribution in [0.1, 0.15) is 41.0 Å². The maximum absolute atomic E-state index is 12.6. The molecule has 0 aliphatic carbocycles. The van der Waals surface area contributed by atoms with Crippen molar-refractivity contribution in [3.8, 4) is 5.75 Å². The molecule has 2 aromatic rings. The van der Waals surface area contributed by atoms with Crippen LogP contribution in [0.4, 0.5) is 0 Å². The Balaban J connectivity index is 1.31. The summed E-state index contributed by atoms with van der Waals surface area (Å²) in [6.45, 7) is 3.48. The molecule has 1 aromatic heterocycles. The standard InChI is InChI=1S/C21H25N3O4/c25-20(19-22-7-8-23-19)24-9-5-21(6-10-24)18-2-1-16(13-15(18)3-12-27-21)28-17-4-11-26-14-17/h1-2,7-8,13,17H,3-6,9-12,14H2,(H,22,23). The topological polar surface area (TPSA) is 76.7 Å². The molecule has 1 atom stereocenters. The van der Waals surface area contributed by atoms with Gasteiger partial charge in [-0.1, -0.05) is 6.07 Å². The van der Waals surface area contributed by atoms with Gasteiger partial charge >= 0.3 is 0 Å². The van der Waals surface area contributed by atoms with Gasteiger partial charge in [0.05, 0.1) is 25.4 Å². The van der Waals surface area contributed by atoms with E-state index in [-0.39, 0.29) is 17.6 Å². The lowest BCUT2D eigenvalue weighted by Crippen LogP contribution is -2.48. The number of hydrogen-bond acceptors (Lipinski definition) is 5. The van der Waals surface area contributed by atoms with Crippen molar-refractivity contribution in [1.29, 1.82) is 0 Å². The van der Waals surface area contributed by atoms with Crippen LogP contribution in [-0.4, -0.2) is 59.8 Å². The molecule has 148 valence electrons. The zero-order valence-corrected chi connectivity index (χ0v) is 15.9. The fourth-order valence-corrected chi connectivity index (χ4v) is 4.54. The van der Waals surface area contributed by atoms with Gasteiger partial charge in [0.1, 0.15) is 11.9 Å². The monoisotopic (exact) mass is 383 g/mol. The van der Waals surface area contributed by atoms with Crippen molar-refractivity contribution in [2.75, 3.05) is 32.9 Å². The summed E-state index contributed by atoms with van der Waals surface area (Å²) in [4.78, 5) is 21.4. The highest BCUT2D eigenvalue weighted by Crippen LogP contribution is 2.42. The van der Waals surface area contributed by atoms with Gasteiger partial charge in [-0.15, -0.1) is 0 Å². The highest BCUT2D eigenvalue weighted by molar-refractivity contribution is 5.90. The summed E-state index contributed by atoms with van der Waals surface area (Å²) < 4.78 is 17.8. The number of nitrogens with zero attached hydrogens (tertiary/aromatic N) is 2. The van der Waals surface area contributed by atoms with Crippen molar-refractivity contribution in [3.63, 3.8) is 0 Å². The van der Waals surface area contributed by atoms with Crippen LogP contribution in [0.3, 0.4) is 0 Å². The number of ether oxygens (including phenoxy) is 3. The van der Waals surface area contributed by atoms with Gasteiger partial charge in [-0.2, -0.15) is 0 Å². The van der Waals surface area contributed by atoms with Crippen LogP contribution < -0.4 is 4.74 Å². The van der Waals surface area contributed by atoms with E-state index in [1.165, 1.54) is 11.1 Å². The third-order valence-electron chi connectivity index (χ3n) is 6.07. The first kappa shape index (κ1) is 17.7. The highest BCUT2D eigenvalue weighted by Gasteiger charge is 2.42. The van der Waals surface area contributed by atoms with Crippen molar-refractivity contribution in [2.45, 2.75) is 37.4 Å². The van der Waals surface area contributed by atoms with E-state index >= 15 is 0 Å². The Bertz CT molecular complexity index is 837. The molecule has 5 rings (SSSR count). The average Bonchev–Trinajstić information content (AvgIpc) is 3.43. The Morgan fingerprint density at radius 1 is 1.29 bits per heavy atom. The van der Waals surface area contributed by atoms with Crippen molar-refractivity contribution >= 4 is 5.91 Å². The second-order valence-electron chi connectivity index (χ2n) is 7.75. The van der Waals surface area contributed by atoms with Gasteiger partial charge in [-0.25, -0.2) is 4.98 Å². The summed E-state index contributed by atoms with van der Waals surface area (Å²) in [7, 11) is 0. The molecule has 4 heterocycles. The largest absolute Gasteiger partial charge is 0.488 e. The van der Waals surface area contributed by atoms with Gasteiger partial charge in [0.2, 0.25) is 0 Å². The molecule has 0 radical (unpaired) electrons. The molecule has 28 heavy (non-hydrogen) atoms. The number of imidazole rings is 1. The third kappa shape index (κ3) is 3.18. The molecule has 3 aliphatic heterocycles. The van der Waals surface area contributed by atoms with E-state index in [2.05, 4.69) is 22.1 Å². The van der Waals surface area contributed by atoms with Crippen molar-refractivity contribution in [1.82, 2.24) is 14.9 Å². The summed E-state index contributed by atoms with van der Waals surface area (Å²) in [5.74, 6) is 1.27. The van der Waals surface area contributed by atoms with Gasteiger partial charge in [0.25, 0.3) is 5.91 Å². The predicted molar refractivity (Wildman–Crippen MR) is 101 cm³/mol. The number of carbonyl (C=O) groups is 1. The van der Waals surface area contributed by atoms with Gasteiger partial charge in [0, 0.05) is 31.9 Å². The van der Waals surface area contributed by atoms with Gasteiger partial charge in [-0.05, 0) is 42.5 Å². The van der Waals surface area contributed by atoms with Crippen LogP contribution >= 0.6 is 0 Å². The second kappa shape index (κ2) is 7.22. The van der Waals surface area contributed by atoms with E-state index in [4.69, 9.17) is 14.2 Å². The second-order valence-corrected chi connectivity index (χ2v) is 7.75. The molecule has 0 saturated carbocycles. The van der Waals surface area contributed by atoms with Gasteiger partial charge in [0.15, 0.2) is 5.82 Å². The molecule has 0 bridgehead atoms. The first-order chi connectivity index (χ1) is 13.7. The van der Waals surface area contributed by atoms with Crippen molar-refractivity contribution in [3.05, 3.63) is 47.5 Å². The van der Waals surface area contributed by atoms with Crippen LogP contribution in [0.15, 0.2) is 30.6 Å². The van der Waals surface area contributed by atoms with Crippen LogP contribution in [0.5, 0.6) is 5.75 Å². The zero-order chi connectivity index (χ0) is 19.0. The molecular weight excluding hydrogens is 358 g/mol. The summed E-state index contributed by atoms with van der Waals surface area (Å²) >= 11 is 0. The van der Waals surface area contributed by atoms with Crippen LogP contribution in [0.2, 0.25) is 0 Å². The normalized spacial score (nSPS) is 23.6. The lowest BCUT2D eigenvalue weighted by atomic mass is 9.79. The number of rotatable bonds is 3. The van der Waals surface area contributed by atoms with E-state index in [9.17, 15) is 4.79 Å². The van der Waals surface area contributed by atoms with Crippen LogP contribution in [-0.2, 0) is 21.5 Å². The van der Waals surface area contributed by atoms with Crippen LogP contribution in [0.25, 0.3) is 0 Å². The highest BCUT2D eigenvalue weighted by atomic mass is 16.5. The smallest absolute Gasteiger partial charge is 0.289 e. The first-order valence-electron chi connectivity index (χ1n) is 10.0. The molecule has 1 unspecified atom stereocenters. The van der Waals surface area contributed by atoms with Crippen LogP contribution in [0, 0.1) is 0 Å². The Kier molecular flexibility index (Phi) is 4.56. The number of piperidine rings is 1. The minimum Gasteiger partial charge on any atom is -0.488 e. The Labute approximate surface area is 164 Å². The molecular formula is C21H25N3O4. The molecule has 7 heteroatoms. The molecule has 1 spiro atoms. The number of aromatic amines is 1. The third-order valence-corrected chi connectivity index (χ3v) is 6.07. The van der Waals surface area contributed by atoms with E-state index < -0.39 is 0 Å². The average molecular weight is 383 g/mol. The van der Waals surface area contributed by atoms with E-state index in [0.29, 0.717) is 32.1 Å². The Morgan fingerprint density at radius 3 is 2.93 bits per heavy atom. The maximum Gasteiger partial charge on any atom is 0.289 e. The van der Waals surface area contributed by atoms with Crippen molar-refractivity contribution in [2.24, 2.45) is 0 Å². The molecule has 7 nitrogen and oxygen atoms in total. The van der Waals surface area contributed by atoms with Crippen molar-refractivity contribution < 1.29 is 19.0 Å². The molecule has 1 N–H and O–H groups in total. The molecule has 2 fully saturated rings. The van der Waals surface area contributed by atoms with Gasteiger partial charge < -0.3 is 24.1 Å². The van der Waals surface area contributed by atoms with E-state index in [0.717, 1.165) is 38.0 Å². The summed E-state index contributed by atoms with van der Waals surface area (Å²) in [6, 6.07) is 6.37. The van der Waals surface area contributed by atoms with E-state index in [1.54, 1.807) is 12.4 Å². The minimum absolute atomic E-state index is 0.0431. The number of fused-ring (bicyclic) bond motifs is 2. The zero-order valence-electron chi connectivity index (χ0n) is 15.9. The fraction of sp³-hybridized carbons (Fsp3) is 0.524.